The zero-order valence-corrected chi connectivity index (χ0v) is 27.9. The summed E-state index contributed by atoms with van der Waals surface area (Å²) < 4.78 is 32.0. The zero-order chi connectivity index (χ0) is 36.3. The monoisotopic (exact) mass is 691 g/mol. The summed E-state index contributed by atoms with van der Waals surface area (Å²) in [7, 11) is 0. The molecule has 0 amide bonds. The van der Waals surface area contributed by atoms with Crippen molar-refractivity contribution in [1.82, 2.24) is 0 Å². The fraction of sp³-hybridized carbons (Fsp3) is 0.175. The van der Waals surface area contributed by atoms with Crippen LogP contribution in [0.2, 0.25) is 0 Å². The second-order valence-corrected chi connectivity index (χ2v) is 10.6. The molecule has 4 rings (SSSR count). The molecule has 0 bridgehead atoms. The number of rotatable bonds is 19. The van der Waals surface area contributed by atoms with E-state index in [1.54, 1.807) is 103 Å². The van der Waals surface area contributed by atoms with Crippen molar-refractivity contribution in [2.45, 2.75) is 19.3 Å². The summed E-state index contributed by atoms with van der Waals surface area (Å²) in [5.74, 6) is -0.0143. The van der Waals surface area contributed by atoms with Gasteiger partial charge in [-0.1, -0.05) is 13.2 Å². The number of unbranched alkanes of at least 4 members (excludes halogenated alkanes) is 1. The van der Waals surface area contributed by atoms with E-state index in [4.69, 9.17) is 28.4 Å². The average Bonchev–Trinajstić information content (AvgIpc) is 3.16. The Morgan fingerprint density at radius 1 is 0.510 bits per heavy atom. The van der Waals surface area contributed by atoms with Gasteiger partial charge in [-0.25, -0.2) is 19.2 Å². The largest absolute Gasteiger partial charge is 0.494 e. The van der Waals surface area contributed by atoms with Crippen LogP contribution in [0.1, 0.15) is 45.5 Å². The van der Waals surface area contributed by atoms with Crippen LogP contribution >= 0.6 is 0 Å². The van der Waals surface area contributed by atoms with Gasteiger partial charge in [0.25, 0.3) is 0 Å². The Morgan fingerprint density at radius 2 is 0.922 bits per heavy atom. The standard InChI is InChI=1S/C40H37NO10/c1-3-37(42)48-25-6-5-24-46-33-18-10-30(11-19-33)39(44)50-35-16-8-29(9-17-35)28-41-32-14-22-36(23-15-32)51-40(45)31-12-20-34(21-13-31)47-26-7-27-49-38(43)4-2/h3-4,8-23,28H,1-2,5-7,24-27H2. The Kier molecular flexibility index (Phi) is 14.7. The van der Waals surface area contributed by atoms with Gasteiger partial charge in [0.05, 0.1) is 43.2 Å². The molecular formula is C40H37NO10. The van der Waals surface area contributed by atoms with Crippen molar-refractivity contribution in [3.05, 3.63) is 139 Å². The summed E-state index contributed by atoms with van der Waals surface area (Å²) in [4.78, 5) is 51.7. The van der Waals surface area contributed by atoms with Gasteiger partial charge in [0.15, 0.2) is 0 Å². The maximum Gasteiger partial charge on any atom is 0.343 e. The lowest BCUT2D eigenvalue weighted by Crippen LogP contribution is -2.09. The fourth-order valence-electron chi connectivity index (χ4n) is 4.18. The summed E-state index contributed by atoms with van der Waals surface area (Å²) >= 11 is 0. The molecule has 0 spiro atoms. The van der Waals surface area contributed by atoms with Crippen molar-refractivity contribution < 1.29 is 47.6 Å². The molecule has 0 radical (unpaired) electrons. The molecule has 0 aliphatic rings. The van der Waals surface area contributed by atoms with Gasteiger partial charge in [0.1, 0.15) is 23.0 Å². The highest BCUT2D eigenvalue weighted by atomic mass is 16.5. The van der Waals surface area contributed by atoms with Crippen LogP contribution in [0, 0.1) is 0 Å². The molecule has 11 nitrogen and oxygen atoms in total. The van der Waals surface area contributed by atoms with E-state index in [-0.39, 0.29) is 6.61 Å². The maximum absolute atomic E-state index is 12.6. The number of hydrogen-bond donors (Lipinski definition) is 0. The van der Waals surface area contributed by atoms with Crippen molar-refractivity contribution in [2.24, 2.45) is 4.99 Å². The van der Waals surface area contributed by atoms with E-state index in [0.717, 1.165) is 17.7 Å². The average molecular weight is 692 g/mol. The molecular weight excluding hydrogens is 654 g/mol. The minimum atomic E-state index is -0.519. The topological polar surface area (TPSA) is 136 Å². The minimum Gasteiger partial charge on any atom is -0.494 e. The normalized spacial score (nSPS) is 10.5. The Hall–Kier alpha value is -6.49. The number of nitrogens with zero attached hydrogens (tertiary/aromatic N) is 1. The first-order chi connectivity index (χ1) is 24.8. The summed E-state index contributed by atoms with van der Waals surface area (Å²) in [6.07, 6.45) is 5.78. The molecule has 0 fully saturated rings. The van der Waals surface area contributed by atoms with E-state index < -0.39 is 23.9 Å². The molecule has 11 heteroatoms. The summed E-state index contributed by atoms with van der Waals surface area (Å²) in [6, 6.07) is 26.8. The third-order valence-electron chi connectivity index (χ3n) is 6.87. The number of aliphatic imine (C=N–C) groups is 1. The summed E-state index contributed by atoms with van der Waals surface area (Å²) in [5.41, 5.74) is 2.16. The second kappa shape index (κ2) is 20.1. The van der Waals surface area contributed by atoms with Crippen molar-refractivity contribution in [2.75, 3.05) is 26.4 Å². The first-order valence-electron chi connectivity index (χ1n) is 16.1. The van der Waals surface area contributed by atoms with E-state index in [1.807, 2.05) is 0 Å². The van der Waals surface area contributed by atoms with Crippen LogP contribution < -0.4 is 18.9 Å². The summed E-state index contributed by atoms with van der Waals surface area (Å²) in [5, 5.41) is 0. The van der Waals surface area contributed by atoms with Crippen LogP contribution in [0.15, 0.2) is 127 Å². The first kappa shape index (κ1) is 37.3. The molecule has 4 aromatic rings. The van der Waals surface area contributed by atoms with Gasteiger partial charge in [0, 0.05) is 24.8 Å². The Labute approximate surface area is 295 Å². The number of benzene rings is 4. The van der Waals surface area contributed by atoms with Gasteiger partial charge in [-0.2, -0.15) is 0 Å². The van der Waals surface area contributed by atoms with Crippen molar-refractivity contribution in [3.63, 3.8) is 0 Å². The van der Waals surface area contributed by atoms with Crippen LogP contribution in [0.3, 0.4) is 0 Å². The van der Waals surface area contributed by atoms with E-state index >= 15 is 0 Å². The molecule has 0 heterocycles. The molecule has 4 aromatic carbocycles. The SMILES string of the molecule is C=CC(=O)OCCCCOc1ccc(C(=O)Oc2ccc(C=Nc3ccc(OC(=O)c4ccc(OCCCOC(=O)C=C)cc4)cc3)cc2)cc1. The maximum atomic E-state index is 12.6. The van der Waals surface area contributed by atoms with Crippen molar-refractivity contribution >= 4 is 35.8 Å². The van der Waals surface area contributed by atoms with Gasteiger partial charge in [0.2, 0.25) is 0 Å². The Bertz CT molecular complexity index is 1800. The van der Waals surface area contributed by atoms with Gasteiger partial charge >= 0.3 is 23.9 Å². The zero-order valence-electron chi connectivity index (χ0n) is 27.9. The molecule has 0 aromatic heterocycles. The van der Waals surface area contributed by atoms with Gasteiger partial charge in [-0.15, -0.1) is 0 Å². The fourth-order valence-corrected chi connectivity index (χ4v) is 4.18. The highest BCUT2D eigenvalue weighted by Crippen LogP contribution is 2.21. The molecule has 0 saturated carbocycles. The number of hydrogen-bond acceptors (Lipinski definition) is 11. The molecule has 0 saturated heterocycles. The van der Waals surface area contributed by atoms with E-state index in [9.17, 15) is 19.2 Å². The lowest BCUT2D eigenvalue weighted by Gasteiger charge is -2.08. The van der Waals surface area contributed by atoms with Crippen LogP contribution in [0.25, 0.3) is 0 Å². The highest BCUT2D eigenvalue weighted by molar-refractivity contribution is 5.92. The first-order valence-corrected chi connectivity index (χ1v) is 16.1. The third-order valence-corrected chi connectivity index (χ3v) is 6.87. The molecule has 51 heavy (non-hydrogen) atoms. The van der Waals surface area contributed by atoms with E-state index in [1.165, 1.54) is 0 Å². The number of esters is 4. The van der Waals surface area contributed by atoms with E-state index in [0.29, 0.717) is 78.9 Å². The van der Waals surface area contributed by atoms with Crippen molar-refractivity contribution in [3.8, 4) is 23.0 Å². The third kappa shape index (κ3) is 13.1. The number of carbonyl (C=O) groups is 4. The minimum absolute atomic E-state index is 0.226. The Balaban J connectivity index is 1.17. The molecule has 0 aliphatic carbocycles. The van der Waals surface area contributed by atoms with Gasteiger partial charge in [-0.3, -0.25) is 4.99 Å². The lowest BCUT2D eigenvalue weighted by molar-refractivity contribution is -0.138. The van der Waals surface area contributed by atoms with Gasteiger partial charge in [-0.05, 0) is 115 Å². The van der Waals surface area contributed by atoms with Crippen LogP contribution in [-0.4, -0.2) is 56.5 Å². The molecule has 0 atom stereocenters. The molecule has 0 N–H and O–H groups in total. The quantitative estimate of drug-likeness (QED) is 0.0325. The smallest absolute Gasteiger partial charge is 0.343 e. The van der Waals surface area contributed by atoms with Crippen LogP contribution in [0.4, 0.5) is 5.69 Å². The lowest BCUT2D eigenvalue weighted by atomic mass is 10.2. The molecule has 262 valence electrons. The molecule has 0 aliphatic heterocycles. The van der Waals surface area contributed by atoms with Crippen LogP contribution in [-0.2, 0) is 19.1 Å². The predicted molar refractivity (Wildman–Crippen MR) is 190 cm³/mol. The highest BCUT2D eigenvalue weighted by Gasteiger charge is 2.11. The summed E-state index contributed by atoms with van der Waals surface area (Å²) in [6.45, 7) is 8.01. The second-order valence-electron chi connectivity index (χ2n) is 10.6. The van der Waals surface area contributed by atoms with Crippen LogP contribution in [0.5, 0.6) is 23.0 Å². The van der Waals surface area contributed by atoms with E-state index in [2.05, 4.69) is 18.2 Å². The predicted octanol–water partition coefficient (Wildman–Crippen LogP) is 7.26. The van der Waals surface area contributed by atoms with Crippen molar-refractivity contribution in [1.29, 1.82) is 0 Å². The Morgan fingerprint density at radius 3 is 1.41 bits per heavy atom. The molecule has 0 unspecified atom stereocenters. The number of carbonyl (C=O) groups excluding carboxylic acids is 4. The number of ether oxygens (including phenoxy) is 6. The van der Waals surface area contributed by atoms with Gasteiger partial charge < -0.3 is 28.4 Å².